The summed E-state index contributed by atoms with van der Waals surface area (Å²) < 4.78 is 46.0. The second kappa shape index (κ2) is 13.7. The standard InChI is InChI=1S/C30H29ClN2O6S2/c1-4-38-27-10-6-5-9-25(27)33(41(35,36)23-16-14-22(40-3)15-17-23)20-30(34)32-24-19-21(31)13-18-26(24)39-29-12-8-7-11-28(29)37-2/h5-19H,4,20H2,1-3H3,(H,32,34). The molecule has 0 fully saturated rings. The highest BCUT2D eigenvalue weighted by molar-refractivity contribution is 7.98. The van der Waals surface area contributed by atoms with Gasteiger partial charge >= 0.3 is 0 Å². The number of para-hydroxylation sites is 4. The first-order valence-electron chi connectivity index (χ1n) is 12.6. The van der Waals surface area contributed by atoms with Crippen LogP contribution in [-0.2, 0) is 14.8 Å². The predicted molar refractivity (Wildman–Crippen MR) is 164 cm³/mol. The van der Waals surface area contributed by atoms with Crippen molar-refractivity contribution >= 4 is 50.7 Å². The Kier molecular flexibility index (Phi) is 10.0. The summed E-state index contributed by atoms with van der Waals surface area (Å²) in [6.07, 6.45) is 1.90. The molecule has 8 nitrogen and oxygen atoms in total. The van der Waals surface area contributed by atoms with E-state index >= 15 is 0 Å². The highest BCUT2D eigenvalue weighted by atomic mass is 35.5. The number of anilines is 2. The zero-order valence-electron chi connectivity index (χ0n) is 22.7. The van der Waals surface area contributed by atoms with E-state index in [2.05, 4.69) is 5.32 Å². The van der Waals surface area contributed by atoms with Gasteiger partial charge in [0.25, 0.3) is 10.0 Å². The number of amides is 1. The summed E-state index contributed by atoms with van der Waals surface area (Å²) in [6, 6.07) is 25.0. The molecule has 0 saturated carbocycles. The summed E-state index contributed by atoms with van der Waals surface area (Å²) in [6.45, 7) is 1.56. The maximum absolute atomic E-state index is 13.9. The Balaban J connectivity index is 1.69. The molecule has 0 atom stereocenters. The number of halogens is 1. The van der Waals surface area contributed by atoms with Gasteiger partial charge in [-0.05, 0) is 79.9 Å². The highest BCUT2D eigenvalue weighted by Crippen LogP contribution is 2.37. The number of nitrogens with one attached hydrogen (secondary N) is 1. The molecule has 0 bridgehead atoms. The Morgan fingerprint density at radius 3 is 2.22 bits per heavy atom. The molecule has 1 N–H and O–H groups in total. The minimum absolute atomic E-state index is 0.0392. The van der Waals surface area contributed by atoms with E-state index in [-0.39, 0.29) is 16.3 Å². The van der Waals surface area contributed by atoms with E-state index in [1.54, 1.807) is 79.7 Å². The molecule has 0 saturated heterocycles. The Hall–Kier alpha value is -3.86. The van der Waals surface area contributed by atoms with Crippen molar-refractivity contribution in [2.24, 2.45) is 0 Å². The lowest BCUT2D eigenvalue weighted by Gasteiger charge is -2.26. The zero-order valence-corrected chi connectivity index (χ0v) is 25.1. The summed E-state index contributed by atoms with van der Waals surface area (Å²) in [4.78, 5) is 14.4. The summed E-state index contributed by atoms with van der Waals surface area (Å²) in [5, 5.41) is 3.12. The van der Waals surface area contributed by atoms with Gasteiger partial charge in [-0.25, -0.2) is 8.42 Å². The average Bonchev–Trinajstić information content (AvgIpc) is 2.98. The Morgan fingerprint density at radius 2 is 1.56 bits per heavy atom. The second-order valence-corrected chi connectivity index (χ2v) is 11.7. The van der Waals surface area contributed by atoms with Gasteiger partial charge in [-0.3, -0.25) is 9.10 Å². The molecular weight excluding hydrogens is 584 g/mol. The van der Waals surface area contributed by atoms with E-state index in [1.807, 2.05) is 6.26 Å². The molecule has 4 aromatic carbocycles. The molecular formula is C30H29ClN2O6S2. The molecule has 41 heavy (non-hydrogen) atoms. The number of thioether (sulfide) groups is 1. The van der Waals surface area contributed by atoms with E-state index in [0.717, 1.165) is 9.20 Å². The van der Waals surface area contributed by atoms with Crippen LogP contribution in [0.25, 0.3) is 0 Å². The minimum atomic E-state index is -4.17. The van der Waals surface area contributed by atoms with Crippen molar-refractivity contribution in [2.45, 2.75) is 16.7 Å². The van der Waals surface area contributed by atoms with Gasteiger partial charge in [0.15, 0.2) is 17.2 Å². The van der Waals surface area contributed by atoms with Gasteiger partial charge in [-0.15, -0.1) is 11.8 Å². The van der Waals surface area contributed by atoms with Crippen LogP contribution in [0.3, 0.4) is 0 Å². The fraction of sp³-hybridized carbons (Fsp3) is 0.167. The van der Waals surface area contributed by atoms with E-state index in [4.69, 9.17) is 25.8 Å². The Bertz CT molecular complexity index is 1610. The molecule has 0 aliphatic heterocycles. The molecule has 0 aliphatic carbocycles. The normalized spacial score (nSPS) is 11.0. The summed E-state index contributed by atoms with van der Waals surface area (Å²) in [7, 11) is -2.65. The van der Waals surface area contributed by atoms with Crippen molar-refractivity contribution in [2.75, 3.05) is 36.1 Å². The molecule has 4 aromatic rings. The van der Waals surface area contributed by atoms with Gasteiger partial charge in [0.05, 0.1) is 30.0 Å². The van der Waals surface area contributed by atoms with Crippen LogP contribution in [0, 0.1) is 0 Å². The number of rotatable bonds is 12. The monoisotopic (exact) mass is 612 g/mol. The molecule has 0 spiro atoms. The fourth-order valence-electron chi connectivity index (χ4n) is 3.95. The second-order valence-electron chi connectivity index (χ2n) is 8.53. The number of hydrogen-bond acceptors (Lipinski definition) is 7. The van der Waals surface area contributed by atoms with Gasteiger partial charge < -0.3 is 19.5 Å². The van der Waals surface area contributed by atoms with Crippen LogP contribution in [0.15, 0.2) is 101 Å². The van der Waals surface area contributed by atoms with Crippen molar-refractivity contribution in [1.82, 2.24) is 0 Å². The Labute approximate surface area is 249 Å². The minimum Gasteiger partial charge on any atom is -0.493 e. The molecule has 0 aromatic heterocycles. The van der Waals surface area contributed by atoms with Crippen LogP contribution >= 0.6 is 23.4 Å². The number of ether oxygens (including phenoxy) is 3. The molecule has 11 heteroatoms. The molecule has 0 radical (unpaired) electrons. The van der Waals surface area contributed by atoms with Crippen molar-refractivity contribution < 1.29 is 27.4 Å². The maximum Gasteiger partial charge on any atom is 0.264 e. The number of methoxy groups -OCH3 is 1. The topological polar surface area (TPSA) is 94.2 Å². The number of benzene rings is 4. The smallest absolute Gasteiger partial charge is 0.264 e. The molecule has 214 valence electrons. The van der Waals surface area contributed by atoms with E-state index in [1.165, 1.54) is 37.1 Å². The van der Waals surface area contributed by atoms with Gasteiger partial charge in [-0.2, -0.15) is 0 Å². The number of carbonyl (C=O) groups excluding carboxylic acids is 1. The first-order chi connectivity index (χ1) is 19.8. The fourth-order valence-corrected chi connectivity index (χ4v) is 5.96. The van der Waals surface area contributed by atoms with Crippen molar-refractivity contribution in [3.63, 3.8) is 0 Å². The summed E-state index contributed by atoms with van der Waals surface area (Å²) in [5.41, 5.74) is 0.489. The van der Waals surface area contributed by atoms with Crippen molar-refractivity contribution in [3.05, 3.63) is 96.0 Å². The van der Waals surface area contributed by atoms with Crippen LogP contribution < -0.4 is 23.8 Å². The van der Waals surface area contributed by atoms with Crippen molar-refractivity contribution in [1.29, 1.82) is 0 Å². The van der Waals surface area contributed by atoms with E-state index < -0.39 is 22.5 Å². The number of sulfonamides is 1. The maximum atomic E-state index is 13.9. The van der Waals surface area contributed by atoms with Crippen molar-refractivity contribution in [3.8, 4) is 23.0 Å². The van der Waals surface area contributed by atoms with E-state index in [9.17, 15) is 13.2 Å². The molecule has 0 unspecified atom stereocenters. The highest BCUT2D eigenvalue weighted by Gasteiger charge is 2.30. The van der Waals surface area contributed by atoms with E-state index in [0.29, 0.717) is 34.6 Å². The van der Waals surface area contributed by atoms with Crippen LogP contribution in [0.2, 0.25) is 5.02 Å². The molecule has 0 heterocycles. The lowest BCUT2D eigenvalue weighted by molar-refractivity contribution is -0.114. The third-order valence-electron chi connectivity index (χ3n) is 5.87. The molecule has 1 amide bonds. The lowest BCUT2D eigenvalue weighted by atomic mass is 10.2. The summed E-state index contributed by atoms with van der Waals surface area (Å²) in [5.74, 6) is 0.931. The third-order valence-corrected chi connectivity index (χ3v) is 8.63. The first kappa shape index (κ1) is 30.1. The third kappa shape index (κ3) is 7.27. The van der Waals surface area contributed by atoms with Gasteiger partial charge in [0.1, 0.15) is 12.3 Å². The molecule has 0 aliphatic rings. The predicted octanol–water partition coefficient (Wildman–Crippen LogP) is 7.10. The Morgan fingerprint density at radius 1 is 0.902 bits per heavy atom. The molecule has 4 rings (SSSR count). The first-order valence-corrected chi connectivity index (χ1v) is 15.6. The van der Waals surface area contributed by atoms with Crippen LogP contribution in [0.1, 0.15) is 6.92 Å². The number of hydrogen-bond donors (Lipinski definition) is 1. The summed E-state index contributed by atoms with van der Waals surface area (Å²) >= 11 is 7.74. The van der Waals surface area contributed by atoms with Crippen LogP contribution in [0.4, 0.5) is 11.4 Å². The van der Waals surface area contributed by atoms with Crippen LogP contribution in [0.5, 0.6) is 23.0 Å². The SMILES string of the molecule is CCOc1ccccc1N(CC(=O)Nc1cc(Cl)ccc1Oc1ccccc1OC)S(=O)(=O)c1ccc(SC)cc1. The zero-order chi connectivity index (χ0) is 29.4. The van der Waals surface area contributed by atoms with Gasteiger partial charge in [-0.1, -0.05) is 35.9 Å². The van der Waals surface area contributed by atoms with Crippen LogP contribution in [-0.4, -0.2) is 40.8 Å². The number of nitrogens with zero attached hydrogens (tertiary/aromatic N) is 1. The van der Waals surface area contributed by atoms with Gasteiger partial charge in [0, 0.05) is 9.92 Å². The largest absolute Gasteiger partial charge is 0.493 e. The number of carbonyl (C=O) groups is 1. The quantitative estimate of drug-likeness (QED) is 0.171. The van der Waals surface area contributed by atoms with Gasteiger partial charge in [0.2, 0.25) is 5.91 Å². The lowest BCUT2D eigenvalue weighted by Crippen LogP contribution is -2.38. The average molecular weight is 613 g/mol.